The van der Waals surface area contributed by atoms with Crippen LogP contribution in [0.2, 0.25) is 0 Å². The molecule has 4 nitrogen and oxygen atoms in total. The number of amides is 2. The number of carbonyl (C=O) groups is 2. The van der Waals surface area contributed by atoms with Gasteiger partial charge >= 0.3 is 0 Å². The van der Waals surface area contributed by atoms with Crippen molar-refractivity contribution >= 4 is 11.8 Å². The Hall–Kier alpha value is -1.06. The Bertz CT molecular complexity index is 490. The van der Waals surface area contributed by atoms with Crippen LogP contribution in [0.3, 0.4) is 0 Å². The SMILES string of the molecule is CC(C1CC1)N(C)C(=O)CCNC(=O)C12CC3CC(CC(C3)C1)C2. The van der Waals surface area contributed by atoms with E-state index in [4.69, 9.17) is 0 Å². The molecule has 5 aliphatic carbocycles. The van der Waals surface area contributed by atoms with Gasteiger partial charge in [0, 0.05) is 31.5 Å². The maximum Gasteiger partial charge on any atom is 0.226 e. The molecule has 4 heteroatoms. The predicted octanol–water partition coefficient (Wildman–Crippen LogP) is 2.97. The van der Waals surface area contributed by atoms with E-state index < -0.39 is 0 Å². The van der Waals surface area contributed by atoms with Crippen LogP contribution in [-0.4, -0.2) is 36.3 Å². The molecule has 5 rings (SSSR count). The summed E-state index contributed by atoms with van der Waals surface area (Å²) in [6.45, 7) is 2.64. The van der Waals surface area contributed by atoms with E-state index in [0.29, 0.717) is 24.9 Å². The molecule has 24 heavy (non-hydrogen) atoms. The average molecular weight is 332 g/mol. The van der Waals surface area contributed by atoms with Gasteiger partial charge in [-0.15, -0.1) is 0 Å². The van der Waals surface area contributed by atoms with Crippen LogP contribution < -0.4 is 5.32 Å². The summed E-state index contributed by atoms with van der Waals surface area (Å²) >= 11 is 0. The minimum absolute atomic E-state index is 0.0923. The molecule has 2 amide bonds. The van der Waals surface area contributed by atoms with Crippen molar-refractivity contribution in [3.63, 3.8) is 0 Å². The first-order valence-electron chi connectivity index (χ1n) is 10.0. The minimum Gasteiger partial charge on any atom is -0.355 e. The molecule has 4 bridgehead atoms. The highest BCUT2D eigenvalue weighted by atomic mass is 16.2. The van der Waals surface area contributed by atoms with Crippen LogP contribution in [0.25, 0.3) is 0 Å². The van der Waals surface area contributed by atoms with Crippen LogP contribution in [0.15, 0.2) is 0 Å². The highest BCUT2D eigenvalue weighted by Gasteiger charge is 2.54. The summed E-state index contributed by atoms with van der Waals surface area (Å²) in [5.41, 5.74) is -0.0923. The van der Waals surface area contributed by atoms with Gasteiger partial charge in [0.05, 0.1) is 0 Å². The van der Waals surface area contributed by atoms with Gasteiger partial charge in [0.1, 0.15) is 0 Å². The maximum absolute atomic E-state index is 12.9. The first-order valence-corrected chi connectivity index (χ1v) is 10.0. The Kier molecular flexibility index (Phi) is 4.12. The fraction of sp³-hybridized carbons (Fsp3) is 0.900. The molecule has 1 unspecified atom stereocenters. The summed E-state index contributed by atoms with van der Waals surface area (Å²) in [5.74, 6) is 3.46. The van der Waals surface area contributed by atoms with Gasteiger partial charge in [0.2, 0.25) is 11.8 Å². The number of nitrogens with zero attached hydrogens (tertiary/aromatic N) is 1. The van der Waals surface area contributed by atoms with E-state index in [-0.39, 0.29) is 17.2 Å². The second kappa shape index (κ2) is 6.03. The number of rotatable bonds is 6. The Morgan fingerprint density at radius 1 is 1.08 bits per heavy atom. The van der Waals surface area contributed by atoms with Gasteiger partial charge in [-0.25, -0.2) is 0 Å². The van der Waals surface area contributed by atoms with Gasteiger partial charge in [0.15, 0.2) is 0 Å². The first-order chi connectivity index (χ1) is 11.5. The summed E-state index contributed by atoms with van der Waals surface area (Å²) in [6, 6.07) is 0.344. The fourth-order valence-electron chi connectivity index (χ4n) is 6.16. The molecule has 1 atom stereocenters. The van der Waals surface area contributed by atoms with E-state index in [1.807, 2.05) is 11.9 Å². The number of carbonyl (C=O) groups excluding carboxylic acids is 2. The average Bonchev–Trinajstić information content (AvgIpc) is 3.36. The molecular formula is C20H32N2O2. The lowest BCUT2D eigenvalue weighted by atomic mass is 9.49. The minimum atomic E-state index is -0.0923. The monoisotopic (exact) mass is 332 g/mol. The van der Waals surface area contributed by atoms with Crippen molar-refractivity contribution in [2.75, 3.05) is 13.6 Å². The van der Waals surface area contributed by atoms with Gasteiger partial charge in [-0.1, -0.05) is 0 Å². The summed E-state index contributed by atoms with van der Waals surface area (Å²) in [5, 5.41) is 3.12. The zero-order chi connectivity index (χ0) is 16.9. The standard InChI is InChI=1S/C20H32N2O2/c1-13(17-3-4-17)22(2)18(23)5-6-21-19(24)20-10-14-7-15(11-20)9-16(8-14)12-20/h13-17H,3-12H2,1-2H3,(H,21,24). The van der Waals surface area contributed by atoms with Crippen molar-refractivity contribution in [1.82, 2.24) is 10.2 Å². The Balaban J connectivity index is 1.27. The van der Waals surface area contributed by atoms with Crippen molar-refractivity contribution in [3.8, 4) is 0 Å². The van der Waals surface area contributed by atoms with Gasteiger partial charge in [-0.05, 0) is 82.0 Å². The highest BCUT2D eigenvalue weighted by Crippen LogP contribution is 2.60. The normalized spacial score (nSPS) is 38.0. The van der Waals surface area contributed by atoms with Crippen LogP contribution >= 0.6 is 0 Å². The quantitative estimate of drug-likeness (QED) is 0.813. The molecule has 0 saturated heterocycles. The molecule has 0 spiro atoms. The molecule has 0 aromatic heterocycles. The molecule has 0 aromatic rings. The van der Waals surface area contributed by atoms with Crippen LogP contribution in [0.5, 0.6) is 0 Å². The summed E-state index contributed by atoms with van der Waals surface area (Å²) in [4.78, 5) is 27.1. The maximum atomic E-state index is 12.9. The largest absolute Gasteiger partial charge is 0.355 e. The predicted molar refractivity (Wildman–Crippen MR) is 93.2 cm³/mol. The molecule has 1 N–H and O–H groups in total. The van der Waals surface area contributed by atoms with Crippen LogP contribution in [-0.2, 0) is 9.59 Å². The van der Waals surface area contributed by atoms with Crippen molar-refractivity contribution in [1.29, 1.82) is 0 Å². The van der Waals surface area contributed by atoms with Gasteiger partial charge < -0.3 is 10.2 Å². The molecule has 0 heterocycles. The third-order valence-electron chi connectivity index (χ3n) is 7.45. The highest BCUT2D eigenvalue weighted by molar-refractivity contribution is 5.84. The number of hydrogen-bond donors (Lipinski definition) is 1. The molecule has 134 valence electrons. The number of nitrogens with one attached hydrogen (secondary N) is 1. The van der Waals surface area contributed by atoms with Gasteiger partial charge in [-0.3, -0.25) is 9.59 Å². The Morgan fingerprint density at radius 2 is 1.62 bits per heavy atom. The Labute approximate surface area is 145 Å². The third-order valence-corrected chi connectivity index (χ3v) is 7.45. The van der Waals surface area contributed by atoms with Crippen molar-refractivity contribution in [2.24, 2.45) is 29.1 Å². The van der Waals surface area contributed by atoms with Gasteiger partial charge in [0.25, 0.3) is 0 Å². The molecule has 5 fully saturated rings. The topological polar surface area (TPSA) is 49.4 Å². The van der Waals surface area contributed by atoms with E-state index in [1.165, 1.54) is 32.1 Å². The lowest BCUT2D eigenvalue weighted by molar-refractivity contribution is -0.146. The van der Waals surface area contributed by atoms with E-state index in [0.717, 1.165) is 37.0 Å². The van der Waals surface area contributed by atoms with E-state index in [1.54, 1.807) is 0 Å². The molecule has 5 aliphatic rings. The molecule has 0 aliphatic heterocycles. The molecule has 0 aromatic carbocycles. The lowest BCUT2D eigenvalue weighted by Gasteiger charge is -2.55. The van der Waals surface area contributed by atoms with E-state index in [2.05, 4.69) is 12.2 Å². The lowest BCUT2D eigenvalue weighted by Crippen LogP contribution is -2.53. The third kappa shape index (κ3) is 2.97. The van der Waals surface area contributed by atoms with Crippen LogP contribution in [0.1, 0.15) is 64.7 Å². The molecule has 5 saturated carbocycles. The first kappa shape index (κ1) is 16.4. The Morgan fingerprint density at radius 3 is 2.12 bits per heavy atom. The van der Waals surface area contributed by atoms with Crippen molar-refractivity contribution < 1.29 is 9.59 Å². The zero-order valence-electron chi connectivity index (χ0n) is 15.2. The number of hydrogen-bond acceptors (Lipinski definition) is 2. The van der Waals surface area contributed by atoms with E-state index in [9.17, 15) is 9.59 Å². The zero-order valence-corrected chi connectivity index (χ0v) is 15.2. The van der Waals surface area contributed by atoms with Crippen molar-refractivity contribution in [2.45, 2.75) is 70.8 Å². The van der Waals surface area contributed by atoms with Crippen molar-refractivity contribution in [3.05, 3.63) is 0 Å². The van der Waals surface area contributed by atoms with Crippen LogP contribution in [0, 0.1) is 29.1 Å². The smallest absolute Gasteiger partial charge is 0.226 e. The second-order valence-electron chi connectivity index (χ2n) is 9.29. The summed E-state index contributed by atoms with van der Waals surface area (Å²) in [7, 11) is 1.91. The fourth-order valence-corrected chi connectivity index (χ4v) is 6.16. The van der Waals surface area contributed by atoms with Crippen LogP contribution in [0.4, 0.5) is 0 Å². The molecule has 0 radical (unpaired) electrons. The van der Waals surface area contributed by atoms with E-state index >= 15 is 0 Å². The second-order valence-corrected chi connectivity index (χ2v) is 9.29. The van der Waals surface area contributed by atoms with Gasteiger partial charge in [-0.2, -0.15) is 0 Å². The summed E-state index contributed by atoms with van der Waals surface area (Å²) < 4.78 is 0. The molecular weight excluding hydrogens is 300 g/mol. The summed E-state index contributed by atoms with van der Waals surface area (Å²) in [6.07, 6.45) is 10.3.